The Morgan fingerprint density at radius 1 is 1.04 bits per heavy atom. The minimum Gasteiger partial charge on any atom is -0.496 e. The van der Waals surface area contributed by atoms with Crippen LogP contribution in [0.3, 0.4) is 0 Å². The van der Waals surface area contributed by atoms with E-state index in [2.05, 4.69) is 25.2 Å². The summed E-state index contributed by atoms with van der Waals surface area (Å²) in [6, 6.07) is 11.2. The van der Waals surface area contributed by atoms with Gasteiger partial charge >= 0.3 is 0 Å². The van der Waals surface area contributed by atoms with Crippen LogP contribution in [0.4, 0.5) is 9.52 Å². The Balaban J connectivity index is 1.20. The van der Waals surface area contributed by atoms with Crippen molar-refractivity contribution in [1.29, 1.82) is 0 Å². The van der Waals surface area contributed by atoms with Gasteiger partial charge in [0.2, 0.25) is 5.91 Å². The molecule has 1 fully saturated rings. The van der Waals surface area contributed by atoms with Gasteiger partial charge in [0.15, 0.2) is 10.9 Å². The standard InChI is InChI=1S/C34H35FN8O3S/c1-22-21-47-34(37-22)41-16-14-40(15-17-41)33(45)28-19-27-26(24-7-3-4-8-29(24)46-2)18-25(31(35)32(27)38-28)23-6-5-11-42(20-23)30(44)9-12-43-13-10-36-39-43/h3-4,6-8,10,13,18-19,21,38H,5,9,11-12,14-17,20H2,1-2H3. The first kappa shape index (κ1) is 30.6. The van der Waals surface area contributed by atoms with Crippen LogP contribution in [0.1, 0.15) is 34.6 Å². The molecule has 242 valence electrons. The average molecular weight is 655 g/mol. The number of aromatic nitrogens is 5. The number of H-pyrrole nitrogens is 1. The predicted octanol–water partition coefficient (Wildman–Crippen LogP) is 5.01. The number of carbonyl (C=O) groups is 2. The van der Waals surface area contributed by atoms with Gasteiger partial charge in [0.05, 0.1) is 31.1 Å². The fourth-order valence-corrected chi connectivity index (χ4v) is 7.19. The molecule has 2 aromatic carbocycles. The van der Waals surface area contributed by atoms with Crippen LogP contribution in [0.2, 0.25) is 0 Å². The summed E-state index contributed by atoms with van der Waals surface area (Å²) in [6.07, 6.45) is 6.17. The minimum absolute atomic E-state index is 0.0320. The molecule has 13 heteroatoms. The molecular formula is C34H35FN8O3S. The van der Waals surface area contributed by atoms with Crippen LogP contribution in [0.5, 0.6) is 5.75 Å². The first-order valence-electron chi connectivity index (χ1n) is 15.7. The number of fused-ring (bicyclic) bond motifs is 1. The van der Waals surface area contributed by atoms with Gasteiger partial charge in [0.1, 0.15) is 11.4 Å². The normalized spacial score (nSPS) is 15.3. The molecule has 1 N–H and O–H groups in total. The maximum absolute atomic E-state index is 16.6. The smallest absolute Gasteiger partial charge is 0.270 e. The van der Waals surface area contributed by atoms with E-state index in [1.807, 2.05) is 48.7 Å². The van der Waals surface area contributed by atoms with E-state index in [-0.39, 0.29) is 30.3 Å². The molecule has 0 bridgehead atoms. The van der Waals surface area contributed by atoms with Gasteiger partial charge in [-0.1, -0.05) is 29.5 Å². The van der Waals surface area contributed by atoms with Gasteiger partial charge in [-0.3, -0.25) is 14.3 Å². The van der Waals surface area contributed by atoms with Crippen molar-refractivity contribution in [3.8, 4) is 16.9 Å². The summed E-state index contributed by atoms with van der Waals surface area (Å²) in [5, 5.41) is 11.3. The Bertz CT molecular complexity index is 1960. The highest BCUT2D eigenvalue weighted by molar-refractivity contribution is 7.13. The zero-order chi connectivity index (χ0) is 32.5. The summed E-state index contributed by atoms with van der Waals surface area (Å²) in [4.78, 5) is 40.4. The summed E-state index contributed by atoms with van der Waals surface area (Å²) in [5.74, 6) is -0.0270. The molecule has 2 aliphatic heterocycles. The molecule has 2 aliphatic rings. The fourth-order valence-electron chi connectivity index (χ4n) is 6.33. The summed E-state index contributed by atoms with van der Waals surface area (Å²) in [6.45, 7) is 5.64. The fraction of sp³-hybridized carbons (Fsp3) is 0.324. The topological polar surface area (TPSA) is 112 Å². The van der Waals surface area contributed by atoms with Crippen LogP contribution in [0.15, 0.2) is 60.2 Å². The average Bonchev–Trinajstić information content (AvgIpc) is 3.89. The van der Waals surface area contributed by atoms with Crippen LogP contribution in [0, 0.1) is 12.7 Å². The SMILES string of the molecule is COc1ccccc1-c1cc(C2=CCCN(C(=O)CCn3ccnn3)C2)c(F)c2[nH]c(C(=O)N3CCN(c4nc(C)cs4)CC3)cc12. The Hall–Kier alpha value is -5.04. The maximum atomic E-state index is 16.6. The number of nitrogens with one attached hydrogen (secondary N) is 1. The van der Waals surface area contributed by atoms with Crippen molar-refractivity contribution >= 4 is 44.8 Å². The van der Waals surface area contributed by atoms with Crippen molar-refractivity contribution in [3.05, 3.63) is 83.0 Å². The number of rotatable bonds is 8. The largest absolute Gasteiger partial charge is 0.496 e. The number of nitrogens with zero attached hydrogens (tertiary/aromatic N) is 7. The number of aromatic amines is 1. The van der Waals surface area contributed by atoms with Crippen LogP contribution < -0.4 is 9.64 Å². The van der Waals surface area contributed by atoms with Gasteiger partial charge in [0.25, 0.3) is 5.91 Å². The van der Waals surface area contributed by atoms with Gasteiger partial charge in [-0.15, -0.1) is 16.4 Å². The van der Waals surface area contributed by atoms with Crippen molar-refractivity contribution in [1.82, 2.24) is 34.8 Å². The lowest BCUT2D eigenvalue weighted by Crippen LogP contribution is -2.48. The number of anilines is 1. The highest BCUT2D eigenvalue weighted by Gasteiger charge is 2.28. The summed E-state index contributed by atoms with van der Waals surface area (Å²) >= 11 is 1.61. The van der Waals surface area contributed by atoms with E-state index < -0.39 is 5.82 Å². The molecule has 7 rings (SSSR count). The van der Waals surface area contributed by atoms with Gasteiger partial charge in [-0.2, -0.15) is 0 Å². The Kier molecular flexibility index (Phi) is 8.46. The molecule has 5 heterocycles. The van der Waals surface area contributed by atoms with Gasteiger partial charge in [-0.25, -0.2) is 9.37 Å². The summed E-state index contributed by atoms with van der Waals surface area (Å²) in [7, 11) is 1.60. The summed E-state index contributed by atoms with van der Waals surface area (Å²) in [5.41, 5.74) is 4.19. The van der Waals surface area contributed by atoms with E-state index in [9.17, 15) is 9.59 Å². The van der Waals surface area contributed by atoms with E-state index in [4.69, 9.17) is 4.74 Å². The number of piperazine rings is 1. The molecule has 2 amide bonds. The zero-order valence-electron chi connectivity index (χ0n) is 26.3. The lowest BCUT2D eigenvalue weighted by molar-refractivity contribution is -0.131. The lowest BCUT2D eigenvalue weighted by Gasteiger charge is -2.34. The molecule has 3 aromatic heterocycles. The Morgan fingerprint density at radius 3 is 2.62 bits per heavy atom. The van der Waals surface area contributed by atoms with E-state index in [1.165, 1.54) is 0 Å². The molecule has 0 unspecified atom stereocenters. The molecule has 0 saturated carbocycles. The second kappa shape index (κ2) is 13.0. The third-order valence-corrected chi connectivity index (χ3v) is 9.82. The second-order valence-electron chi connectivity index (χ2n) is 11.8. The maximum Gasteiger partial charge on any atom is 0.270 e. The summed E-state index contributed by atoms with van der Waals surface area (Å²) < 4.78 is 23.9. The zero-order valence-corrected chi connectivity index (χ0v) is 27.1. The number of methoxy groups -OCH3 is 1. The quantitative estimate of drug-likeness (QED) is 0.251. The van der Waals surface area contributed by atoms with Crippen molar-refractivity contribution in [2.45, 2.75) is 26.3 Å². The minimum atomic E-state index is -0.454. The van der Waals surface area contributed by atoms with Gasteiger partial charge in [0, 0.05) is 73.8 Å². The monoisotopic (exact) mass is 654 g/mol. The van der Waals surface area contributed by atoms with Gasteiger partial charge < -0.3 is 24.4 Å². The molecule has 0 spiro atoms. The number of carbonyl (C=O) groups excluding carboxylic acids is 2. The lowest BCUT2D eigenvalue weighted by atomic mass is 9.93. The molecule has 0 radical (unpaired) electrons. The van der Waals surface area contributed by atoms with Crippen LogP contribution in [0.25, 0.3) is 27.6 Å². The van der Waals surface area contributed by atoms with Crippen LogP contribution in [-0.2, 0) is 11.3 Å². The van der Waals surface area contributed by atoms with E-state index >= 15 is 4.39 Å². The van der Waals surface area contributed by atoms with E-state index in [1.54, 1.807) is 51.4 Å². The third kappa shape index (κ3) is 6.10. The number of ether oxygens (including phenoxy) is 1. The number of benzene rings is 2. The van der Waals surface area contributed by atoms with Gasteiger partial charge in [-0.05, 0) is 42.7 Å². The number of aryl methyl sites for hydroxylation is 2. The number of amides is 2. The van der Waals surface area contributed by atoms with Crippen molar-refractivity contribution in [3.63, 3.8) is 0 Å². The number of hydrogen-bond donors (Lipinski definition) is 1. The van der Waals surface area contributed by atoms with Crippen molar-refractivity contribution in [2.75, 3.05) is 51.3 Å². The predicted molar refractivity (Wildman–Crippen MR) is 179 cm³/mol. The molecular weight excluding hydrogens is 619 g/mol. The van der Waals surface area contributed by atoms with Crippen molar-refractivity contribution < 1.29 is 18.7 Å². The molecule has 5 aromatic rings. The number of para-hydroxylation sites is 1. The molecule has 1 saturated heterocycles. The van der Waals surface area contributed by atoms with E-state index in [0.29, 0.717) is 68.1 Å². The van der Waals surface area contributed by atoms with Crippen molar-refractivity contribution in [2.24, 2.45) is 0 Å². The number of halogens is 1. The molecule has 11 nitrogen and oxygen atoms in total. The molecule has 0 aliphatic carbocycles. The first-order valence-corrected chi connectivity index (χ1v) is 16.5. The van der Waals surface area contributed by atoms with Crippen LogP contribution >= 0.6 is 11.3 Å². The molecule has 0 atom stereocenters. The number of hydrogen-bond acceptors (Lipinski definition) is 8. The second-order valence-corrected chi connectivity index (χ2v) is 12.6. The Labute approximate surface area is 275 Å². The highest BCUT2D eigenvalue weighted by atomic mass is 32.1. The first-order chi connectivity index (χ1) is 22.9. The number of thiazole rings is 1. The Morgan fingerprint density at radius 2 is 1.87 bits per heavy atom. The van der Waals surface area contributed by atoms with E-state index in [0.717, 1.165) is 27.5 Å². The van der Waals surface area contributed by atoms with Crippen LogP contribution in [-0.4, -0.2) is 93.0 Å². The molecule has 47 heavy (non-hydrogen) atoms. The highest BCUT2D eigenvalue weighted by Crippen LogP contribution is 2.40. The third-order valence-electron chi connectivity index (χ3n) is 8.80.